The highest BCUT2D eigenvalue weighted by Crippen LogP contribution is 2.28. The fraction of sp³-hybridized carbons (Fsp3) is 0.276. The van der Waals surface area contributed by atoms with Crippen molar-refractivity contribution in [3.05, 3.63) is 82.8 Å². The SMILES string of the molecule is CC(C)C[C@H](NC(=O)c1cc2cc(NCc3cncn3Cc3ccc(C#N)cc3)ccc2s1)C(=O)O.O=C(O)C(F)(F)F. The van der Waals surface area contributed by atoms with Crippen molar-refractivity contribution < 1.29 is 37.8 Å². The number of carbonyl (C=O) groups is 3. The standard InChI is InChI=1S/C27H27N5O3S.C2HF3O2/c1-17(2)9-23(27(34)35)31-26(33)25-11-20-10-21(7-8-24(20)36-25)30-14-22-13-29-16-32(22)15-19-5-3-18(12-28)4-6-19;3-2(4,5)1(6)7/h3-8,10-11,13,16-17,23,30H,9,14-15H2,1-2H3,(H,31,33)(H,34,35);(H,6,7)/t23-;/m0./s1. The summed E-state index contributed by atoms with van der Waals surface area (Å²) in [7, 11) is 0. The lowest BCUT2D eigenvalue weighted by Crippen LogP contribution is -2.41. The van der Waals surface area contributed by atoms with Crippen LogP contribution in [0.2, 0.25) is 0 Å². The van der Waals surface area contributed by atoms with Crippen molar-refractivity contribution in [1.82, 2.24) is 14.9 Å². The van der Waals surface area contributed by atoms with Gasteiger partial charge >= 0.3 is 18.1 Å². The maximum atomic E-state index is 12.7. The zero-order chi connectivity index (χ0) is 31.7. The van der Waals surface area contributed by atoms with E-state index < -0.39 is 24.2 Å². The van der Waals surface area contributed by atoms with Gasteiger partial charge in [-0.25, -0.2) is 14.6 Å². The van der Waals surface area contributed by atoms with Crippen LogP contribution in [-0.4, -0.2) is 49.8 Å². The molecule has 0 saturated carbocycles. The van der Waals surface area contributed by atoms with Crippen LogP contribution < -0.4 is 10.6 Å². The van der Waals surface area contributed by atoms with Crippen LogP contribution in [0.4, 0.5) is 18.9 Å². The third kappa shape index (κ3) is 9.57. The molecule has 4 N–H and O–H groups in total. The zero-order valence-corrected chi connectivity index (χ0v) is 23.9. The molecule has 1 amide bonds. The summed E-state index contributed by atoms with van der Waals surface area (Å²) < 4.78 is 34.7. The number of fused-ring (bicyclic) bond motifs is 1. The summed E-state index contributed by atoms with van der Waals surface area (Å²) in [6.45, 7) is 5.07. The van der Waals surface area contributed by atoms with E-state index in [9.17, 15) is 27.9 Å². The summed E-state index contributed by atoms with van der Waals surface area (Å²) >= 11 is 1.34. The number of amides is 1. The lowest BCUT2D eigenvalue weighted by molar-refractivity contribution is -0.192. The van der Waals surface area contributed by atoms with Gasteiger partial charge < -0.3 is 25.4 Å². The van der Waals surface area contributed by atoms with E-state index in [-0.39, 0.29) is 11.8 Å². The monoisotopic (exact) mass is 615 g/mol. The van der Waals surface area contributed by atoms with Gasteiger partial charge in [0.2, 0.25) is 0 Å². The molecule has 2 aromatic heterocycles. The Kier molecular flexibility index (Phi) is 10.9. The molecule has 10 nitrogen and oxygen atoms in total. The van der Waals surface area contributed by atoms with Gasteiger partial charge in [0, 0.05) is 23.1 Å². The lowest BCUT2D eigenvalue weighted by Gasteiger charge is -2.15. The summed E-state index contributed by atoms with van der Waals surface area (Å²) in [5.74, 6) is -4.00. The first-order valence-corrected chi connectivity index (χ1v) is 13.7. The molecule has 0 spiro atoms. The van der Waals surface area contributed by atoms with Gasteiger partial charge in [0.05, 0.1) is 35.1 Å². The summed E-state index contributed by atoms with van der Waals surface area (Å²) in [5, 5.41) is 32.5. The molecule has 14 heteroatoms. The van der Waals surface area contributed by atoms with Gasteiger partial charge in [0.15, 0.2) is 0 Å². The number of benzene rings is 2. The van der Waals surface area contributed by atoms with Gasteiger partial charge in [0.25, 0.3) is 5.91 Å². The van der Waals surface area contributed by atoms with Crippen LogP contribution in [0.5, 0.6) is 0 Å². The molecule has 0 aliphatic heterocycles. The Hall–Kier alpha value is -4.90. The van der Waals surface area contributed by atoms with Gasteiger partial charge in [-0.3, -0.25) is 4.79 Å². The number of nitriles is 1. The van der Waals surface area contributed by atoms with Gasteiger partial charge in [0.1, 0.15) is 6.04 Å². The third-order valence-corrected chi connectivity index (χ3v) is 7.12. The Balaban J connectivity index is 0.000000646. The molecule has 4 rings (SSSR count). The Morgan fingerprint density at radius 3 is 2.35 bits per heavy atom. The van der Waals surface area contributed by atoms with E-state index in [1.807, 2.05) is 50.4 Å². The molecule has 226 valence electrons. The second kappa shape index (κ2) is 14.3. The van der Waals surface area contributed by atoms with Gasteiger partial charge in [-0.05, 0) is 59.7 Å². The van der Waals surface area contributed by atoms with Crippen LogP contribution in [0.3, 0.4) is 0 Å². The van der Waals surface area contributed by atoms with Crippen molar-refractivity contribution >= 4 is 45.0 Å². The number of carboxylic acid groups (broad SMARTS) is 2. The van der Waals surface area contributed by atoms with Crippen LogP contribution >= 0.6 is 11.3 Å². The fourth-order valence-corrected chi connectivity index (χ4v) is 4.85. The number of anilines is 1. The van der Waals surface area contributed by atoms with E-state index in [4.69, 9.17) is 15.2 Å². The number of nitrogens with one attached hydrogen (secondary N) is 2. The predicted octanol–water partition coefficient (Wildman–Crippen LogP) is 5.49. The molecule has 1 atom stereocenters. The fourth-order valence-electron chi connectivity index (χ4n) is 3.90. The second-order valence-electron chi connectivity index (χ2n) is 9.84. The number of halogens is 3. The van der Waals surface area contributed by atoms with Gasteiger partial charge in [-0.15, -0.1) is 11.3 Å². The Labute approximate surface area is 248 Å². The number of thiophene rings is 1. The van der Waals surface area contributed by atoms with Crippen LogP contribution in [0.25, 0.3) is 10.1 Å². The number of carbonyl (C=O) groups excluding carboxylic acids is 1. The molecule has 0 unspecified atom stereocenters. The van der Waals surface area contributed by atoms with E-state index in [0.29, 0.717) is 30.0 Å². The normalized spacial score (nSPS) is 11.7. The van der Waals surface area contributed by atoms with E-state index >= 15 is 0 Å². The number of aromatic nitrogens is 2. The number of aliphatic carboxylic acids is 2. The number of carboxylic acids is 2. The molecule has 0 aliphatic rings. The highest BCUT2D eigenvalue weighted by atomic mass is 32.1. The Bertz CT molecular complexity index is 1620. The molecule has 2 aromatic carbocycles. The van der Waals surface area contributed by atoms with Crippen molar-refractivity contribution in [2.45, 2.75) is 45.6 Å². The van der Waals surface area contributed by atoms with Crippen LogP contribution in [-0.2, 0) is 22.7 Å². The smallest absolute Gasteiger partial charge is 0.480 e. The minimum Gasteiger partial charge on any atom is -0.480 e. The molecule has 43 heavy (non-hydrogen) atoms. The van der Waals surface area contributed by atoms with Crippen molar-refractivity contribution in [2.24, 2.45) is 5.92 Å². The lowest BCUT2D eigenvalue weighted by atomic mass is 10.0. The van der Waals surface area contributed by atoms with E-state index in [2.05, 4.69) is 26.3 Å². The molecule has 0 saturated heterocycles. The first kappa shape index (κ1) is 32.6. The Morgan fingerprint density at radius 2 is 1.77 bits per heavy atom. The molecular weight excluding hydrogens is 587 g/mol. The molecule has 0 radical (unpaired) electrons. The molecule has 0 aliphatic carbocycles. The summed E-state index contributed by atoms with van der Waals surface area (Å²) in [6, 6.07) is 16.4. The van der Waals surface area contributed by atoms with Gasteiger partial charge in [-0.1, -0.05) is 26.0 Å². The minimum atomic E-state index is -5.08. The molecule has 4 aromatic rings. The number of hydrogen-bond donors (Lipinski definition) is 4. The number of alkyl halides is 3. The summed E-state index contributed by atoms with van der Waals surface area (Å²) in [4.78, 5) is 37.9. The molecule has 0 fully saturated rings. The number of imidazole rings is 1. The Morgan fingerprint density at radius 1 is 1.09 bits per heavy atom. The largest absolute Gasteiger partial charge is 0.490 e. The third-order valence-electron chi connectivity index (χ3n) is 6.00. The van der Waals surface area contributed by atoms with Gasteiger partial charge in [-0.2, -0.15) is 18.4 Å². The van der Waals surface area contributed by atoms with Crippen LogP contribution in [0.15, 0.2) is 61.1 Å². The summed E-state index contributed by atoms with van der Waals surface area (Å²) in [6.07, 6.45) is -1.11. The molecule has 0 bridgehead atoms. The number of rotatable bonds is 10. The predicted molar refractivity (Wildman–Crippen MR) is 154 cm³/mol. The first-order chi connectivity index (χ1) is 20.3. The maximum absolute atomic E-state index is 12.7. The summed E-state index contributed by atoms with van der Waals surface area (Å²) in [5.41, 5.74) is 3.63. The van der Waals surface area contributed by atoms with Crippen LogP contribution in [0.1, 0.15) is 46.8 Å². The highest BCUT2D eigenvalue weighted by molar-refractivity contribution is 7.20. The highest BCUT2D eigenvalue weighted by Gasteiger charge is 2.38. The maximum Gasteiger partial charge on any atom is 0.490 e. The number of nitrogens with zero attached hydrogens (tertiary/aromatic N) is 3. The van der Waals surface area contributed by atoms with Crippen molar-refractivity contribution in [3.63, 3.8) is 0 Å². The second-order valence-corrected chi connectivity index (χ2v) is 10.9. The topological polar surface area (TPSA) is 157 Å². The van der Waals surface area contributed by atoms with E-state index in [1.165, 1.54) is 11.3 Å². The van der Waals surface area contributed by atoms with Crippen molar-refractivity contribution in [3.8, 4) is 6.07 Å². The average Bonchev–Trinajstić information content (AvgIpc) is 3.58. The molecular formula is C29H28F3N5O5S. The number of hydrogen-bond acceptors (Lipinski definition) is 7. The molecule has 2 heterocycles. The van der Waals surface area contributed by atoms with Crippen molar-refractivity contribution in [2.75, 3.05) is 5.32 Å². The van der Waals surface area contributed by atoms with E-state index in [1.54, 1.807) is 24.5 Å². The first-order valence-electron chi connectivity index (χ1n) is 12.9. The van der Waals surface area contributed by atoms with Crippen molar-refractivity contribution in [1.29, 1.82) is 5.26 Å². The zero-order valence-electron chi connectivity index (χ0n) is 23.1. The quantitative estimate of drug-likeness (QED) is 0.182. The average molecular weight is 616 g/mol. The van der Waals surface area contributed by atoms with E-state index in [0.717, 1.165) is 27.0 Å². The van der Waals surface area contributed by atoms with Crippen LogP contribution in [0, 0.1) is 17.2 Å². The minimum absolute atomic E-state index is 0.155.